The molecule has 7 nitrogen and oxygen atoms in total. The first-order valence-corrected chi connectivity index (χ1v) is 12.0. The lowest BCUT2D eigenvalue weighted by Gasteiger charge is -2.15. The summed E-state index contributed by atoms with van der Waals surface area (Å²) in [4.78, 5) is 24.9. The fraction of sp³-hybridized carbons (Fsp3) is 0.148. The number of halogens is 5. The largest absolute Gasteiger partial charge is 0.490 e. The third-order valence-electron chi connectivity index (χ3n) is 4.93. The number of nitrogens with one attached hydrogen (secondary N) is 2. The molecule has 0 bridgehead atoms. The van der Waals surface area contributed by atoms with Crippen LogP contribution >= 0.6 is 23.2 Å². The highest BCUT2D eigenvalue weighted by molar-refractivity contribution is 6.32. The summed E-state index contributed by atoms with van der Waals surface area (Å²) in [5.41, 5.74) is -0.700. The number of hydrogen-bond donors (Lipinski definition) is 2. The maximum absolute atomic E-state index is 13.0. The fourth-order valence-corrected chi connectivity index (χ4v) is 3.63. The number of nitriles is 1. The number of anilines is 2. The standard InChI is InChI=1S/C27H20Cl2F3N3O4/c1-2-38-23-12-16(10-17(14-33)26(37)35-21-5-3-4-18(13-21)27(30,31)32)11-22(29)25(23)39-15-24(36)34-20-8-6-19(28)7-9-20/h3-13H,2,15H2,1H3,(H,34,36)(H,35,37)/b17-10+. The van der Waals surface area contributed by atoms with Crippen molar-refractivity contribution in [1.29, 1.82) is 5.26 Å². The van der Waals surface area contributed by atoms with Gasteiger partial charge in [0.05, 0.1) is 17.2 Å². The van der Waals surface area contributed by atoms with Crippen LogP contribution in [0.1, 0.15) is 18.1 Å². The maximum Gasteiger partial charge on any atom is 0.416 e. The Kier molecular flexibility index (Phi) is 9.82. The quantitative estimate of drug-likeness (QED) is 0.211. The molecule has 12 heteroatoms. The highest BCUT2D eigenvalue weighted by Crippen LogP contribution is 2.37. The molecule has 3 aromatic rings. The van der Waals surface area contributed by atoms with E-state index in [1.807, 2.05) is 0 Å². The van der Waals surface area contributed by atoms with Crippen LogP contribution in [0.15, 0.2) is 66.2 Å². The van der Waals surface area contributed by atoms with Crippen molar-refractivity contribution < 1.29 is 32.2 Å². The molecule has 0 unspecified atom stereocenters. The number of rotatable bonds is 9. The molecule has 3 aromatic carbocycles. The topological polar surface area (TPSA) is 100 Å². The Morgan fingerprint density at radius 1 is 1.00 bits per heavy atom. The SMILES string of the molecule is CCOc1cc(/C=C(\C#N)C(=O)Nc2cccc(C(F)(F)F)c2)cc(Cl)c1OCC(=O)Nc1ccc(Cl)cc1. The third kappa shape index (κ3) is 8.40. The lowest BCUT2D eigenvalue weighted by molar-refractivity contribution is -0.137. The molecule has 0 fully saturated rings. The molecular formula is C27H20Cl2F3N3O4. The summed E-state index contributed by atoms with van der Waals surface area (Å²) < 4.78 is 50.0. The smallest absolute Gasteiger partial charge is 0.416 e. The number of benzene rings is 3. The summed E-state index contributed by atoms with van der Waals surface area (Å²) in [7, 11) is 0. The summed E-state index contributed by atoms with van der Waals surface area (Å²) >= 11 is 12.2. The monoisotopic (exact) mass is 577 g/mol. The van der Waals surface area contributed by atoms with E-state index in [-0.39, 0.29) is 34.4 Å². The minimum atomic E-state index is -4.60. The molecule has 0 heterocycles. The van der Waals surface area contributed by atoms with Gasteiger partial charge in [0.1, 0.15) is 11.6 Å². The number of hydrogen-bond acceptors (Lipinski definition) is 5. The van der Waals surface area contributed by atoms with Gasteiger partial charge in [0.15, 0.2) is 18.1 Å². The molecule has 202 valence electrons. The molecule has 0 aromatic heterocycles. The number of amides is 2. The van der Waals surface area contributed by atoms with Crippen molar-refractivity contribution in [2.45, 2.75) is 13.1 Å². The molecule has 0 saturated heterocycles. The third-order valence-corrected chi connectivity index (χ3v) is 5.46. The van der Waals surface area contributed by atoms with Crippen LogP contribution in [0.4, 0.5) is 24.5 Å². The second-order valence-corrected chi connectivity index (χ2v) is 8.65. The number of carbonyl (C=O) groups excluding carboxylic acids is 2. The van der Waals surface area contributed by atoms with Crippen LogP contribution in [-0.2, 0) is 15.8 Å². The summed E-state index contributed by atoms with van der Waals surface area (Å²) in [5, 5.41) is 15.0. The van der Waals surface area contributed by atoms with Gasteiger partial charge < -0.3 is 20.1 Å². The second-order valence-electron chi connectivity index (χ2n) is 7.81. The van der Waals surface area contributed by atoms with Crippen molar-refractivity contribution in [1.82, 2.24) is 0 Å². The highest BCUT2D eigenvalue weighted by Gasteiger charge is 2.30. The average molecular weight is 578 g/mol. The predicted molar refractivity (Wildman–Crippen MR) is 142 cm³/mol. The van der Waals surface area contributed by atoms with Crippen LogP contribution in [0.2, 0.25) is 10.0 Å². The van der Waals surface area contributed by atoms with E-state index >= 15 is 0 Å². The van der Waals surface area contributed by atoms with E-state index in [4.69, 9.17) is 32.7 Å². The second kappa shape index (κ2) is 13.0. The van der Waals surface area contributed by atoms with Gasteiger partial charge in [-0.2, -0.15) is 18.4 Å². The van der Waals surface area contributed by atoms with Crippen molar-refractivity contribution >= 4 is 52.5 Å². The Morgan fingerprint density at radius 3 is 2.36 bits per heavy atom. The zero-order valence-electron chi connectivity index (χ0n) is 20.2. The van der Waals surface area contributed by atoms with Gasteiger partial charge in [-0.15, -0.1) is 0 Å². The minimum absolute atomic E-state index is 0.0297. The van der Waals surface area contributed by atoms with Crippen LogP contribution in [-0.4, -0.2) is 25.0 Å². The van der Waals surface area contributed by atoms with Gasteiger partial charge >= 0.3 is 6.18 Å². The molecule has 0 saturated carbocycles. The zero-order chi connectivity index (χ0) is 28.6. The van der Waals surface area contributed by atoms with E-state index in [9.17, 15) is 28.0 Å². The van der Waals surface area contributed by atoms with Gasteiger partial charge in [-0.05, 0) is 73.2 Å². The molecule has 0 aliphatic carbocycles. The van der Waals surface area contributed by atoms with E-state index in [1.54, 1.807) is 37.3 Å². The summed E-state index contributed by atoms with van der Waals surface area (Å²) in [6.07, 6.45) is -3.41. The molecule has 0 radical (unpaired) electrons. The molecule has 2 N–H and O–H groups in total. The normalized spacial score (nSPS) is 11.4. The fourth-order valence-electron chi connectivity index (χ4n) is 3.23. The lowest BCUT2D eigenvalue weighted by Crippen LogP contribution is -2.20. The Morgan fingerprint density at radius 2 is 1.72 bits per heavy atom. The first kappa shape index (κ1) is 29.4. The Labute approximate surface area is 231 Å². The van der Waals surface area contributed by atoms with E-state index in [2.05, 4.69) is 10.6 Å². The van der Waals surface area contributed by atoms with Crippen LogP contribution in [0, 0.1) is 11.3 Å². The number of ether oxygens (including phenoxy) is 2. The maximum atomic E-state index is 13.0. The Balaban J connectivity index is 1.77. The average Bonchev–Trinajstić information content (AvgIpc) is 2.88. The van der Waals surface area contributed by atoms with Gasteiger partial charge in [-0.1, -0.05) is 29.3 Å². The predicted octanol–water partition coefficient (Wildman–Crippen LogP) is 6.97. The van der Waals surface area contributed by atoms with Crippen molar-refractivity contribution in [3.63, 3.8) is 0 Å². The van der Waals surface area contributed by atoms with E-state index in [0.29, 0.717) is 10.7 Å². The minimum Gasteiger partial charge on any atom is -0.490 e. The number of carbonyl (C=O) groups is 2. The Bertz CT molecular complexity index is 1440. The van der Waals surface area contributed by atoms with Crippen molar-refractivity contribution in [2.24, 2.45) is 0 Å². The first-order valence-electron chi connectivity index (χ1n) is 11.2. The molecule has 0 spiro atoms. The van der Waals surface area contributed by atoms with Gasteiger partial charge in [0.2, 0.25) is 0 Å². The molecule has 39 heavy (non-hydrogen) atoms. The highest BCUT2D eigenvalue weighted by atomic mass is 35.5. The molecule has 0 aliphatic heterocycles. The van der Waals surface area contributed by atoms with Crippen LogP contribution in [0.3, 0.4) is 0 Å². The van der Waals surface area contributed by atoms with Crippen molar-refractivity contribution in [3.8, 4) is 17.6 Å². The summed E-state index contributed by atoms with van der Waals surface area (Å²) in [6.45, 7) is 1.51. The van der Waals surface area contributed by atoms with Crippen LogP contribution < -0.4 is 20.1 Å². The van der Waals surface area contributed by atoms with E-state index in [0.717, 1.165) is 18.2 Å². The van der Waals surface area contributed by atoms with Gasteiger partial charge in [-0.25, -0.2) is 0 Å². The van der Waals surface area contributed by atoms with Crippen LogP contribution in [0.5, 0.6) is 11.5 Å². The van der Waals surface area contributed by atoms with E-state index < -0.39 is 35.7 Å². The zero-order valence-corrected chi connectivity index (χ0v) is 21.7. The molecular weight excluding hydrogens is 558 g/mol. The molecule has 2 amide bonds. The van der Waals surface area contributed by atoms with Gasteiger partial charge in [0, 0.05) is 16.4 Å². The van der Waals surface area contributed by atoms with Crippen molar-refractivity contribution in [3.05, 3.63) is 87.4 Å². The Hall–Kier alpha value is -4.20. The molecule has 0 atom stereocenters. The number of nitrogens with zero attached hydrogens (tertiary/aromatic N) is 1. The van der Waals surface area contributed by atoms with Gasteiger partial charge in [-0.3, -0.25) is 9.59 Å². The molecule has 0 aliphatic rings. The number of alkyl halides is 3. The first-order chi connectivity index (χ1) is 18.5. The van der Waals surface area contributed by atoms with E-state index in [1.165, 1.54) is 24.3 Å². The van der Waals surface area contributed by atoms with Crippen LogP contribution in [0.25, 0.3) is 6.08 Å². The lowest BCUT2D eigenvalue weighted by atomic mass is 10.1. The molecule has 3 rings (SSSR count). The van der Waals surface area contributed by atoms with Gasteiger partial charge in [0.25, 0.3) is 11.8 Å². The summed E-state index contributed by atoms with van der Waals surface area (Å²) in [6, 6.07) is 15.0. The van der Waals surface area contributed by atoms with Crippen molar-refractivity contribution in [2.75, 3.05) is 23.8 Å². The summed E-state index contributed by atoms with van der Waals surface area (Å²) in [5.74, 6) is -1.19.